The predicted molar refractivity (Wildman–Crippen MR) is 65.8 cm³/mol. The lowest BCUT2D eigenvalue weighted by Crippen LogP contribution is -2.21. The molecule has 22 heavy (non-hydrogen) atoms. The maximum absolute atomic E-state index is 10.6. The lowest BCUT2D eigenvalue weighted by molar-refractivity contribution is -0.192. The van der Waals surface area contributed by atoms with Crippen molar-refractivity contribution < 1.29 is 23.1 Å². The van der Waals surface area contributed by atoms with Crippen LogP contribution in [-0.4, -0.2) is 42.9 Å². The Morgan fingerprint density at radius 2 is 2.09 bits per heavy atom. The molecule has 0 atom stereocenters. The van der Waals surface area contributed by atoms with Gasteiger partial charge in [-0.2, -0.15) is 28.0 Å². The molecule has 1 saturated carbocycles. The molecule has 116 valence electrons. The number of carbonyl (C=O) groups is 1. The van der Waals surface area contributed by atoms with Gasteiger partial charge in [-0.15, -0.1) is 0 Å². The molecule has 0 bridgehead atoms. The van der Waals surface area contributed by atoms with Crippen LogP contribution in [0.4, 0.5) is 19.1 Å². The fraction of sp³-hybridized carbons (Fsp3) is 0.364. The van der Waals surface area contributed by atoms with Gasteiger partial charge in [-0.05, 0) is 12.8 Å². The molecule has 0 spiro atoms. The van der Waals surface area contributed by atoms with Crippen molar-refractivity contribution in [3.8, 4) is 6.07 Å². The summed E-state index contributed by atoms with van der Waals surface area (Å²) in [5.41, 5.74) is 1.02. The van der Waals surface area contributed by atoms with Crippen molar-refractivity contribution in [2.24, 2.45) is 0 Å². The second kappa shape index (κ2) is 5.84. The van der Waals surface area contributed by atoms with E-state index in [2.05, 4.69) is 20.4 Å². The Kier molecular flexibility index (Phi) is 4.11. The van der Waals surface area contributed by atoms with Crippen LogP contribution in [0.5, 0.6) is 0 Å². The van der Waals surface area contributed by atoms with E-state index in [0.29, 0.717) is 23.2 Å². The summed E-state index contributed by atoms with van der Waals surface area (Å²) < 4.78 is 33.3. The number of anilines is 1. The highest BCUT2D eigenvalue weighted by Crippen LogP contribution is 2.23. The molecule has 0 aliphatic heterocycles. The highest BCUT2D eigenvalue weighted by molar-refractivity contribution is 5.73. The lowest BCUT2D eigenvalue weighted by atomic mass is 10.4. The number of nitrogens with one attached hydrogen (secondary N) is 1. The van der Waals surface area contributed by atoms with E-state index in [-0.39, 0.29) is 0 Å². The fourth-order valence-corrected chi connectivity index (χ4v) is 1.40. The normalized spacial score (nSPS) is 13.9. The number of rotatable bonds is 2. The minimum Gasteiger partial charge on any atom is -0.475 e. The van der Waals surface area contributed by atoms with Crippen molar-refractivity contribution in [2.75, 3.05) is 5.32 Å². The van der Waals surface area contributed by atoms with Gasteiger partial charge in [0.05, 0.1) is 6.20 Å². The summed E-state index contributed by atoms with van der Waals surface area (Å²) in [5, 5.41) is 23.3. The summed E-state index contributed by atoms with van der Waals surface area (Å²) in [6.07, 6.45) is 0.195. The van der Waals surface area contributed by atoms with E-state index in [4.69, 9.17) is 15.2 Å². The topological polar surface area (TPSA) is 116 Å². The Balaban J connectivity index is 0.000000217. The Labute approximate surface area is 121 Å². The number of alkyl halides is 3. The molecule has 8 nitrogen and oxygen atoms in total. The molecule has 1 aliphatic rings. The zero-order valence-electron chi connectivity index (χ0n) is 10.9. The van der Waals surface area contributed by atoms with E-state index in [1.54, 1.807) is 4.52 Å². The van der Waals surface area contributed by atoms with E-state index in [0.717, 1.165) is 12.8 Å². The van der Waals surface area contributed by atoms with Crippen molar-refractivity contribution >= 4 is 17.6 Å². The number of aliphatic carboxylic acids is 1. The zero-order chi connectivity index (χ0) is 16.3. The third-order valence-electron chi connectivity index (χ3n) is 2.58. The molecule has 0 aromatic carbocycles. The number of hydrogen-bond acceptors (Lipinski definition) is 6. The molecular formula is C11H9F3N6O2. The van der Waals surface area contributed by atoms with Crippen LogP contribution in [0.2, 0.25) is 0 Å². The van der Waals surface area contributed by atoms with Gasteiger partial charge in [0.25, 0.3) is 0 Å². The van der Waals surface area contributed by atoms with Gasteiger partial charge in [0.1, 0.15) is 18.0 Å². The van der Waals surface area contributed by atoms with Gasteiger partial charge in [-0.1, -0.05) is 0 Å². The van der Waals surface area contributed by atoms with Crippen molar-refractivity contribution in [1.82, 2.24) is 19.6 Å². The highest BCUT2D eigenvalue weighted by atomic mass is 19.4. The molecule has 0 amide bonds. The van der Waals surface area contributed by atoms with Gasteiger partial charge >= 0.3 is 12.1 Å². The van der Waals surface area contributed by atoms with Crippen LogP contribution >= 0.6 is 0 Å². The standard InChI is InChI=1S/C9H8N6.C2HF3O2/c10-3-6-4-13-15-8(6)11-5-12-9(15)14-7-1-2-7;3-2(4,5)1(6)7/h4-5,7H,1-2H2,(H,11,12,14);(H,6,7). The number of nitriles is 1. The average Bonchev–Trinajstić information content (AvgIpc) is 3.16. The largest absolute Gasteiger partial charge is 0.490 e. The summed E-state index contributed by atoms with van der Waals surface area (Å²) >= 11 is 0. The Bertz CT molecular complexity index is 731. The van der Waals surface area contributed by atoms with E-state index < -0.39 is 12.1 Å². The maximum atomic E-state index is 10.6. The quantitative estimate of drug-likeness (QED) is 0.855. The van der Waals surface area contributed by atoms with Crippen LogP contribution in [0.15, 0.2) is 12.5 Å². The molecule has 2 N–H and O–H groups in total. The minimum atomic E-state index is -5.08. The summed E-state index contributed by atoms with van der Waals surface area (Å²) in [7, 11) is 0. The number of halogens is 3. The van der Waals surface area contributed by atoms with Crippen molar-refractivity contribution in [3.63, 3.8) is 0 Å². The third-order valence-corrected chi connectivity index (χ3v) is 2.58. The third kappa shape index (κ3) is 3.60. The molecule has 0 saturated heterocycles. The smallest absolute Gasteiger partial charge is 0.475 e. The van der Waals surface area contributed by atoms with Crippen molar-refractivity contribution in [2.45, 2.75) is 25.1 Å². The molecule has 1 fully saturated rings. The summed E-state index contributed by atoms with van der Waals surface area (Å²) in [5.74, 6) is -2.10. The molecule has 2 heterocycles. The van der Waals surface area contributed by atoms with Gasteiger partial charge < -0.3 is 10.4 Å². The predicted octanol–water partition coefficient (Wildman–Crippen LogP) is 1.20. The zero-order valence-corrected chi connectivity index (χ0v) is 10.9. The van der Waals surface area contributed by atoms with Gasteiger partial charge in [0.2, 0.25) is 5.95 Å². The van der Waals surface area contributed by atoms with E-state index in [9.17, 15) is 13.2 Å². The minimum absolute atomic E-state index is 0.469. The first-order valence-electron chi connectivity index (χ1n) is 5.98. The van der Waals surface area contributed by atoms with Crippen LogP contribution in [0, 0.1) is 11.3 Å². The first kappa shape index (κ1) is 15.5. The SMILES string of the molecule is N#Cc1cnn2c(NC3CC3)ncnc12.O=C(O)C(F)(F)F. The highest BCUT2D eigenvalue weighted by Gasteiger charge is 2.38. The number of nitrogens with zero attached hydrogens (tertiary/aromatic N) is 5. The first-order valence-corrected chi connectivity index (χ1v) is 5.98. The summed E-state index contributed by atoms with van der Waals surface area (Å²) in [4.78, 5) is 17.0. The van der Waals surface area contributed by atoms with E-state index in [1.165, 1.54) is 12.5 Å². The van der Waals surface area contributed by atoms with Crippen LogP contribution in [-0.2, 0) is 4.79 Å². The number of carboxylic acids is 1. The van der Waals surface area contributed by atoms with E-state index in [1.807, 2.05) is 6.07 Å². The van der Waals surface area contributed by atoms with Crippen LogP contribution in [0.1, 0.15) is 18.4 Å². The number of carboxylic acid groups (broad SMARTS) is 1. The molecule has 0 radical (unpaired) electrons. The van der Waals surface area contributed by atoms with E-state index >= 15 is 0 Å². The monoisotopic (exact) mass is 314 g/mol. The summed E-state index contributed by atoms with van der Waals surface area (Å²) in [6, 6.07) is 2.54. The van der Waals surface area contributed by atoms with Crippen LogP contribution < -0.4 is 5.32 Å². The van der Waals surface area contributed by atoms with Crippen molar-refractivity contribution in [1.29, 1.82) is 5.26 Å². The van der Waals surface area contributed by atoms with Crippen LogP contribution in [0.3, 0.4) is 0 Å². The van der Waals surface area contributed by atoms with Gasteiger partial charge in [0.15, 0.2) is 5.65 Å². The van der Waals surface area contributed by atoms with Gasteiger partial charge in [-0.3, -0.25) is 0 Å². The van der Waals surface area contributed by atoms with Gasteiger partial charge in [-0.25, -0.2) is 14.8 Å². The maximum Gasteiger partial charge on any atom is 0.490 e. The second-order valence-electron chi connectivity index (χ2n) is 4.32. The fourth-order valence-electron chi connectivity index (χ4n) is 1.40. The number of aromatic nitrogens is 4. The average molecular weight is 314 g/mol. The van der Waals surface area contributed by atoms with Crippen LogP contribution in [0.25, 0.3) is 5.65 Å². The second-order valence-corrected chi connectivity index (χ2v) is 4.32. The van der Waals surface area contributed by atoms with Gasteiger partial charge in [0, 0.05) is 6.04 Å². The molecule has 2 aromatic heterocycles. The Hall–Kier alpha value is -2.90. The Morgan fingerprint density at radius 3 is 2.59 bits per heavy atom. The molecule has 0 unspecified atom stereocenters. The molecular weight excluding hydrogens is 305 g/mol. The number of hydrogen-bond donors (Lipinski definition) is 2. The number of fused-ring (bicyclic) bond motifs is 1. The molecule has 1 aliphatic carbocycles. The first-order chi connectivity index (χ1) is 10.3. The Morgan fingerprint density at radius 1 is 1.45 bits per heavy atom. The van der Waals surface area contributed by atoms with Crippen molar-refractivity contribution in [3.05, 3.63) is 18.1 Å². The summed E-state index contributed by atoms with van der Waals surface area (Å²) in [6.45, 7) is 0. The molecule has 3 rings (SSSR count). The molecule has 11 heteroatoms. The molecule has 2 aromatic rings. The lowest BCUT2D eigenvalue weighted by Gasteiger charge is -2.03.